The molecule has 16 heteroatoms. The minimum atomic E-state index is -0.0668. The van der Waals surface area contributed by atoms with Crippen molar-refractivity contribution in [3.05, 3.63) is 84.9 Å². The van der Waals surface area contributed by atoms with Crippen molar-refractivity contribution in [2.45, 2.75) is 103 Å². The monoisotopic (exact) mass is 1050 g/mol. The zero-order chi connectivity index (χ0) is 53.3. The first kappa shape index (κ1) is 49.4. The molecule has 0 spiro atoms. The normalized spacial score (nSPS) is 20.1. The second kappa shape index (κ2) is 20.0. The fourth-order valence-corrected chi connectivity index (χ4v) is 13.7. The maximum atomic E-state index is 14.3. The summed E-state index contributed by atoms with van der Waals surface area (Å²) < 4.78 is 0. The van der Waals surface area contributed by atoms with Crippen molar-refractivity contribution in [1.82, 2.24) is 0 Å². The van der Waals surface area contributed by atoms with Gasteiger partial charge in [-0.3, -0.25) is 38.4 Å². The molecule has 8 saturated heterocycles. The molecule has 16 nitrogen and oxygen atoms in total. The number of amides is 8. The molecule has 398 valence electrons. The smallest absolute Gasteiger partial charge is 0.227 e. The summed E-state index contributed by atoms with van der Waals surface area (Å²) in [5.74, 6) is -0.535. The molecule has 0 aromatic heterocycles. The van der Waals surface area contributed by atoms with Crippen molar-refractivity contribution in [1.29, 1.82) is 0 Å². The Morgan fingerprint density at radius 3 is 0.474 bits per heavy atom. The van der Waals surface area contributed by atoms with Crippen LogP contribution >= 0.6 is 0 Å². The Bertz CT molecular complexity index is 2810. The number of carbonyl (C=O) groups is 8. The third kappa shape index (κ3) is 8.24. The largest absolute Gasteiger partial charge is 0.312 e. The maximum Gasteiger partial charge on any atom is 0.227 e. The van der Waals surface area contributed by atoms with Gasteiger partial charge in [-0.1, -0.05) is 24.3 Å². The third-order valence-electron chi connectivity index (χ3n) is 17.2. The van der Waals surface area contributed by atoms with E-state index in [0.29, 0.717) is 245 Å². The van der Waals surface area contributed by atoms with Crippen molar-refractivity contribution >= 4 is 92.8 Å². The lowest BCUT2D eigenvalue weighted by atomic mass is 9.81. The molecule has 0 radical (unpaired) electrons. The van der Waals surface area contributed by atoms with E-state index in [2.05, 4.69) is 12.1 Å². The van der Waals surface area contributed by atoms with Crippen LogP contribution < -0.4 is 39.2 Å². The number of hydrogen-bond donors (Lipinski definition) is 0. The topological polar surface area (TPSA) is 162 Å². The molecule has 78 heavy (non-hydrogen) atoms. The number of hydrogen-bond acceptors (Lipinski definition) is 8. The number of nitrogens with zero attached hydrogens (tertiary/aromatic N) is 8. The summed E-state index contributed by atoms with van der Waals surface area (Å²) in [6, 6.07) is 27.1. The second-order valence-corrected chi connectivity index (χ2v) is 21.8. The van der Waals surface area contributed by atoms with E-state index in [1.165, 1.54) is 0 Å². The zero-order valence-corrected chi connectivity index (χ0v) is 43.9. The van der Waals surface area contributed by atoms with E-state index in [0.717, 1.165) is 0 Å². The highest BCUT2D eigenvalue weighted by Crippen LogP contribution is 2.57. The van der Waals surface area contributed by atoms with Gasteiger partial charge in [-0.2, -0.15) is 0 Å². The molecule has 8 heterocycles. The molecule has 8 aliphatic heterocycles. The van der Waals surface area contributed by atoms with Crippen LogP contribution in [0.25, 0.3) is 44.5 Å². The van der Waals surface area contributed by atoms with Gasteiger partial charge in [0.15, 0.2) is 0 Å². The van der Waals surface area contributed by atoms with Crippen LogP contribution in [0.2, 0.25) is 0 Å². The van der Waals surface area contributed by atoms with E-state index < -0.39 is 0 Å². The lowest BCUT2D eigenvalue weighted by Crippen LogP contribution is -2.29. The summed E-state index contributed by atoms with van der Waals surface area (Å²) in [6.45, 7) is 3.46. The molecular formula is C62H62N8O8. The first-order valence-electron chi connectivity index (χ1n) is 28.2. The van der Waals surface area contributed by atoms with Gasteiger partial charge in [0, 0.05) is 126 Å². The lowest BCUT2D eigenvalue weighted by Gasteiger charge is -2.33. The Kier molecular flexibility index (Phi) is 12.7. The predicted molar refractivity (Wildman–Crippen MR) is 301 cm³/mol. The summed E-state index contributed by atoms with van der Waals surface area (Å²) >= 11 is 0. The van der Waals surface area contributed by atoms with Crippen molar-refractivity contribution in [2.75, 3.05) is 91.6 Å². The third-order valence-corrected chi connectivity index (χ3v) is 17.2. The zero-order valence-electron chi connectivity index (χ0n) is 43.9. The van der Waals surface area contributed by atoms with Gasteiger partial charge in [0.1, 0.15) is 0 Å². The van der Waals surface area contributed by atoms with Crippen LogP contribution in [-0.4, -0.2) is 99.6 Å². The molecule has 0 N–H and O–H groups in total. The Morgan fingerprint density at radius 2 is 0.359 bits per heavy atom. The van der Waals surface area contributed by atoms with Gasteiger partial charge in [-0.15, -0.1) is 0 Å². The van der Waals surface area contributed by atoms with Crippen molar-refractivity contribution in [3.63, 3.8) is 0 Å². The average Bonchev–Trinajstić information content (AvgIpc) is 4.44. The van der Waals surface area contributed by atoms with Crippen LogP contribution in [0, 0.1) is 0 Å². The van der Waals surface area contributed by atoms with Crippen LogP contribution in [-0.2, 0) is 38.4 Å². The lowest BCUT2D eigenvalue weighted by molar-refractivity contribution is -0.117. The van der Waals surface area contributed by atoms with Gasteiger partial charge in [0.05, 0.1) is 45.5 Å². The summed E-state index contributed by atoms with van der Waals surface area (Å²) in [5, 5.41) is 0. The fraction of sp³-hybridized carbons (Fsp3) is 0.387. The highest BCUT2D eigenvalue weighted by Gasteiger charge is 2.40. The van der Waals surface area contributed by atoms with E-state index in [4.69, 9.17) is 0 Å². The molecular weight excluding hydrogens is 985 g/mol. The van der Waals surface area contributed by atoms with E-state index in [9.17, 15) is 38.4 Å². The Balaban J connectivity index is 1.26. The van der Waals surface area contributed by atoms with Gasteiger partial charge in [0.2, 0.25) is 47.3 Å². The summed E-state index contributed by atoms with van der Waals surface area (Å²) in [5.41, 5.74) is 9.44. The van der Waals surface area contributed by atoms with Gasteiger partial charge in [0.25, 0.3) is 0 Å². The van der Waals surface area contributed by atoms with Crippen LogP contribution in [0.4, 0.5) is 45.5 Å². The number of rotatable bonds is 12. The molecule has 5 aromatic rings. The molecule has 8 aliphatic rings. The Morgan fingerprint density at radius 1 is 0.218 bits per heavy atom. The van der Waals surface area contributed by atoms with Crippen LogP contribution in [0.5, 0.6) is 0 Å². The van der Waals surface area contributed by atoms with Crippen molar-refractivity contribution in [2.24, 2.45) is 0 Å². The standard InChI is InChI=1S/C62H62N8O8/c71-51-21-5-29-63(51)43-13-1-14-44(64-30-6-22-52(64)72)59(43)39-37-41(61-47(67-33-9-25-55(67)75)17-3-18-48(61)68-34-10-26-56(68)76)42(62-49(69-35-11-27-57(69)77)19-4-20-50(62)70-36-12-28-58(70)78)38-40(39)60-45(65-31-7-23-53(65)73)15-2-16-46(60)66-32-8-24-54(66)74/h1-4,13-20,37-38H,5-12,21-36H2. The van der Waals surface area contributed by atoms with E-state index >= 15 is 0 Å². The van der Waals surface area contributed by atoms with Crippen molar-refractivity contribution < 1.29 is 38.4 Å². The second-order valence-electron chi connectivity index (χ2n) is 21.8. The minimum absolute atomic E-state index is 0.0668. The van der Waals surface area contributed by atoms with Gasteiger partial charge in [-0.05, 0) is 134 Å². The highest BCUT2D eigenvalue weighted by molar-refractivity contribution is 6.18. The summed E-state index contributed by atoms with van der Waals surface area (Å²) in [6.07, 6.45) is 7.64. The minimum Gasteiger partial charge on any atom is -0.312 e. The van der Waals surface area contributed by atoms with E-state index in [1.807, 2.05) is 72.8 Å². The predicted octanol–water partition coefficient (Wildman–Crippen LogP) is 9.37. The quantitative estimate of drug-likeness (QED) is 0.119. The molecule has 13 rings (SSSR count). The molecule has 5 aromatic carbocycles. The maximum absolute atomic E-state index is 14.3. The fourth-order valence-electron chi connectivity index (χ4n) is 13.7. The molecule has 0 saturated carbocycles. The first-order valence-corrected chi connectivity index (χ1v) is 28.2. The molecule has 8 fully saturated rings. The van der Waals surface area contributed by atoms with Crippen molar-refractivity contribution in [3.8, 4) is 44.5 Å². The van der Waals surface area contributed by atoms with E-state index in [-0.39, 0.29) is 47.3 Å². The summed E-state index contributed by atoms with van der Waals surface area (Å²) in [4.78, 5) is 129. The number of anilines is 8. The van der Waals surface area contributed by atoms with Crippen LogP contribution in [0.15, 0.2) is 84.9 Å². The average molecular weight is 1050 g/mol. The highest BCUT2D eigenvalue weighted by atomic mass is 16.2. The molecule has 0 unspecified atom stereocenters. The van der Waals surface area contributed by atoms with Gasteiger partial charge in [-0.25, -0.2) is 0 Å². The van der Waals surface area contributed by atoms with Crippen LogP contribution in [0.3, 0.4) is 0 Å². The SMILES string of the molecule is O=C1CCCN1c1cccc(N2CCCC2=O)c1-c1cc(-c2c(N3CCCC3=O)cccc2N2CCCC2=O)c(-c2c(N3CCCC3=O)cccc2N2CCCC2=O)cc1-c1c(N2CCCC2=O)cccc1N1CCCC1=O. The van der Waals surface area contributed by atoms with Gasteiger partial charge < -0.3 is 39.2 Å². The number of benzene rings is 5. The van der Waals surface area contributed by atoms with Crippen LogP contribution in [0.1, 0.15) is 103 Å². The number of carbonyl (C=O) groups excluding carboxylic acids is 8. The summed E-state index contributed by atoms with van der Waals surface area (Å²) in [7, 11) is 0. The molecule has 0 bridgehead atoms. The molecule has 8 amide bonds. The van der Waals surface area contributed by atoms with E-state index in [1.54, 1.807) is 39.2 Å². The van der Waals surface area contributed by atoms with Gasteiger partial charge >= 0.3 is 0 Å². The molecule has 0 atom stereocenters. The first-order chi connectivity index (χ1) is 38.0. The Hall–Kier alpha value is -8.14. The molecule has 0 aliphatic carbocycles. The Labute approximate surface area is 453 Å².